The summed E-state index contributed by atoms with van der Waals surface area (Å²) in [4.78, 5) is 29.5. The van der Waals surface area contributed by atoms with Crippen LogP contribution in [-0.4, -0.2) is 44.2 Å². The van der Waals surface area contributed by atoms with Gasteiger partial charge in [-0.2, -0.15) is 0 Å². The van der Waals surface area contributed by atoms with Crippen molar-refractivity contribution in [3.63, 3.8) is 0 Å². The second-order valence-corrected chi connectivity index (χ2v) is 6.31. The number of carbonyl (C=O) groups is 1. The zero-order chi connectivity index (χ0) is 20.3. The van der Waals surface area contributed by atoms with E-state index in [1.54, 1.807) is 44.5 Å². The number of aromatic amines is 1. The van der Waals surface area contributed by atoms with E-state index < -0.39 is 0 Å². The summed E-state index contributed by atoms with van der Waals surface area (Å²) < 4.78 is 15.6. The SMILES string of the molecule is COc1ccc2cc(CN(C)C(=O)c3ccc(OC)c(OC)c3)c(=O)[nH]c2c1. The topological polar surface area (TPSA) is 80.9 Å². The van der Waals surface area contributed by atoms with E-state index >= 15 is 0 Å². The molecule has 2 aromatic carbocycles. The first kappa shape index (κ1) is 19.3. The molecule has 146 valence electrons. The van der Waals surface area contributed by atoms with E-state index in [0.29, 0.717) is 33.9 Å². The normalized spacial score (nSPS) is 10.6. The zero-order valence-corrected chi connectivity index (χ0v) is 16.2. The van der Waals surface area contributed by atoms with E-state index in [2.05, 4.69) is 4.98 Å². The molecule has 0 aliphatic carbocycles. The maximum Gasteiger partial charge on any atom is 0.254 e. The van der Waals surface area contributed by atoms with Crippen LogP contribution in [0.2, 0.25) is 0 Å². The molecular weight excluding hydrogens is 360 g/mol. The summed E-state index contributed by atoms with van der Waals surface area (Å²) in [6.45, 7) is 0.171. The lowest BCUT2D eigenvalue weighted by atomic mass is 10.1. The lowest BCUT2D eigenvalue weighted by Gasteiger charge is -2.18. The van der Waals surface area contributed by atoms with Crippen LogP contribution in [0.3, 0.4) is 0 Å². The van der Waals surface area contributed by atoms with Gasteiger partial charge in [-0.25, -0.2) is 0 Å². The predicted molar refractivity (Wildman–Crippen MR) is 106 cm³/mol. The maximum absolute atomic E-state index is 12.8. The van der Waals surface area contributed by atoms with Crippen LogP contribution >= 0.6 is 0 Å². The van der Waals surface area contributed by atoms with E-state index in [9.17, 15) is 9.59 Å². The molecule has 3 aromatic rings. The molecule has 0 spiro atoms. The highest BCUT2D eigenvalue weighted by Gasteiger charge is 2.16. The van der Waals surface area contributed by atoms with Crippen molar-refractivity contribution in [3.05, 3.63) is 63.9 Å². The minimum atomic E-state index is -0.243. The number of fused-ring (bicyclic) bond motifs is 1. The number of aromatic nitrogens is 1. The van der Waals surface area contributed by atoms with Crippen molar-refractivity contribution in [1.29, 1.82) is 0 Å². The Kier molecular flexibility index (Phi) is 5.54. The number of hydrogen-bond acceptors (Lipinski definition) is 5. The summed E-state index contributed by atoms with van der Waals surface area (Å²) in [5.74, 6) is 1.45. The van der Waals surface area contributed by atoms with E-state index in [0.717, 1.165) is 5.39 Å². The molecule has 28 heavy (non-hydrogen) atoms. The van der Waals surface area contributed by atoms with Crippen molar-refractivity contribution in [2.75, 3.05) is 28.4 Å². The second kappa shape index (κ2) is 8.04. The molecule has 0 aliphatic heterocycles. The number of hydrogen-bond donors (Lipinski definition) is 1. The van der Waals surface area contributed by atoms with Crippen LogP contribution in [0.5, 0.6) is 17.2 Å². The first-order chi connectivity index (χ1) is 13.5. The van der Waals surface area contributed by atoms with Crippen molar-refractivity contribution >= 4 is 16.8 Å². The quantitative estimate of drug-likeness (QED) is 0.709. The van der Waals surface area contributed by atoms with Gasteiger partial charge in [0, 0.05) is 24.2 Å². The molecule has 0 radical (unpaired) electrons. The highest BCUT2D eigenvalue weighted by Crippen LogP contribution is 2.28. The van der Waals surface area contributed by atoms with Crippen molar-refractivity contribution in [2.45, 2.75) is 6.54 Å². The van der Waals surface area contributed by atoms with Crippen LogP contribution < -0.4 is 19.8 Å². The number of pyridine rings is 1. The van der Waals surface area contributed by atoms with Crippen molar-refractivity contribution in [3.8, 4) is 17.2 Å². The van der Waals surface area contributed by atoms with Gasteiger partial charge in [-0.15, -0.1) is 0 Å². The van der Waals surface area contributed by atoms with Gasteiger partial charge in [0.05, 0.1) is 33.4 Å². The number of methoxy groups -OCH3 is 3. The Morgan fingerprint density at radius 3 is 2.39 bits per heavy atom. The molecule has 7 nitrogen and oxygen atoms in total. The van der Waals surface area contributed by atoms with Crippen molar-refractivity contribution in [1.82, 2.24) is 9.88 Å². The molecule has 3 rings (SSSR count). The van der Waals surface area contributed by atoms with Gasteiger partial charge < -0.3 is 24.1 Å². The average Bonchev–Trinajstić information content (AvgIpc) is 2.72. The van der Waals surface area contributed by atoms with E-state index in [1.807, 2.05) is 12.1 Å². The molecule has 0 aliphatic rings. The number of nitrogens with zero attached hydrogens (tertiary/aromatic N) is 1. The fourth-order valence-corrected chi connectivity index (χ4v) is 2.99. The molecule has 1 aromatic heterocycles. The molecule has 0 atom stereocenters. The average molecular weight is 382 g/mol. The smallest absolute Gasteiger partial charge is 0.254 e. The number of ether oxygens (including phenoxy) is 3. The molecule has 0 bridgehead atoms. The van der Waals surface area contributed by atoms with Gasteiger partial charge in [0.15, 0.2) is 11.5 Å². The molecule has 0 fully saturated rings. The summed E-state index contributed by atoms with van der Waals surface area (Å²) in [6, 6.07) is 12.2. The third-order valence-electron chi connectivity index (χ3n) is 4.51. The van der Waals surface area contributed by atoms with Gasteiger partial charge in [0.25, 0.3) is 11.5 Å². The van der Waals surface area contributed by atoms with Gasteiger partial charge in [0.2, 0.25) is 0 Å². The molecule has 1 N–H and O–H groups in total. The van der Waals surface area contributed by atoms with Gasteiger partial charge in [-0.3, -0.25) is 9.59 Å². The Balaban J connectivity index is 1.86. The Morgan fingerprint density at radius 2 is 1.71 bits per heavy atom. The Labute approximate surface area is 162 Å². The molecular formula is C21H22N2O5. The molecule has 1 amide bonds. The minimum absolute atomic E-state index is 0.171. The largest absolute Gasteiger partial charge is 0.497 e. The molecule has 1 heterocycles. The van der Waals surface area contributed by atoms with E-state index in [1.165, 1.54) is 19.1 Å². The van der Waals surface area contributed by atoms with Crippen LogP contribution in [0.15, 0.2) is 47.3 Å². The standard InChI is InChI=1S/C21H22N2O5/c1-23(21(25)14-6-8-18(27-3)19(10-14)28-4)12-15-9-13-5-7-16(26-2)11-17(13)22-20(15)24/h5-11H,12H2,1-4H3,(H,22,24). The van der Waals surface area contributed by atoms with Crippen LogP contribution in [0.1, 0.15) is 15.9 Å². The first-order valence-electron chi connectivity index (χ1n) is 8.64. The van der Waals surface area contributed by atoms with Crippen LogP contribution in [-0.2, 0) is 6.54 Å². The Bertz CT molecular complexity index is 1070. The van der Waals surface area contributed by atoms with Gasteiger partial charge in [0.1, 0.15) is 5.75 Å². The highest BCUT2D eigenvalue weighted by atomic mass is 16.5. The summed E-state index contributed by atoms with van der Waals surface area (Å²) in [7, 11) is 6.27. The van der Waals surface area contributed by atoms with Crippen LogP contribution in [0, 0.1) is 0 Å². The number of H-pyrrole nitrogens is 1. The van der Waals surface area contributed by atoms with Crippen molar-refractivity contribution < 1.29 is 19.0 Å². The van der Waals surface area contributed by atoms with E-state index in [-0.39, 0.29) is 18.0 Å². The fraction of sp³-hybridized carbons (Fsp3) is 0.238. The molecule has 0 saturated carbocycles. The Hall–Kier alpha value is -3.48. The van der Waals surface area contributed by atoms with Crippen LogP contribution in [0.4, 0.5) is 0 Å². The third kappa shape index (κ3) is 3.78. The van der Waals surface area contributed by atoms with Crippen LogP contribution in [0.25, 0.3) is 10.9 Å². The minimum Gasteiger partial charge on any atom is -0.497 e. The van der Waals surface area contributed by atoms with E-state index in [4.69, 9.17) is 14.2 Å². The lowest BCUT2D eigenvalue weighted by molar-refractivity contribution is 0.0784. The number of nitrogens with one attached hydrogen (secondary N) is 1. The van der Waals surface area contributed by atoms with Gasteiger partial charge in [-0.05, 0) is 41.8 Å². The Morgan fingerprint density at radius 1 is 0.964 bits per heavy atom. The van der Waals surface area contributed by atoms with Gasteiger partial charge in [-0.1, -0.05) is 0 Å². The van der Waals surface area contributed by atoms with Gasteiger partial charge >= 0.3 is 0 Å². The lowest BCUT2D eigenvalue weighted by Crippen LogP contribution is -2.29. The van der Waals surface area contributed by atoms with Crippen molar-refractivity contribution in [2.24, 2.45) is 0 Å². The molecule has 7 heteroatoms. The second-order valence-electron chi connectivity index (χ2n) is 6.31. The highest BCUT2D eigenvalue weighted by molar-refractivity contribution is 5.94. The predicted octanol–water partition coefficient (Wildman–Crippen LogP) is 2.83. The summed E-state index contributed by atoms with van der Waals surface area (Å²) in [5.41, 5.74) is 1.38. The maximum atomic E-state index is 12.8. The summed E-state index contributed by atoms with van der Waals surface area (Å²) >= 11 is 0. The number of carbonyl (C=O) groups excluding carboxylic acids is 1. The molecule has 0 saturated heterocycles. The zero-order valence-electron chi connectivity index (χ0n) is 16.2. The fourth-order valence-electron chi connectivity index (χ4n) is 2.99. The number of rotatable bonds is 6. The summed E-state index contributed by atoms with van der Waals surface area (Å²) in [5, 5.41) is 0.863. The molecule has 0 unspecified atom stereocenters. The summed E-state index contributed by atoms with van der Waals surface area (Å²) in [6.07, 6.45) is 0. The number of benzene rings is 2. The first-order valence-corrected chi connectivity index (χ1v) is 8.64. The monoisotopic (exact) mass is 382 g/mol. The number of amides is 1. The third-order valence-corrected chi connectivity index (χ3v) is 4.51.